The van der Waals surface area contributed by atoms with Crippen LogP contribution in [0.15, 0.2) is 0 Å². The average Bonchev–Trinajstić information content (AvgIpc) is 2.30. The summed E-state index contributed by atoms with van der Waals surface area (Å²) in [4.78, 5) is 22.7. The van der Waals surface area contributed by atoms with Crippen LogP contribution in [0.2, 0.25) is 0 Å². The summed E-state index contributed by atoms with van der Waals surface area (Å²) in [5.41, 5.74) is -1.22. The molecule has 0 saturated carbocycles. The fourth-order valence-corrected chi connectivity index (χ4v) is 1.59. The summed E-state index contributed by atoms with van der Waals surface area (Å²) in [5.74, 6) is 4.26. The Balaban J connectivity index is 2.56. The van der Waals surface area contributed by atoms with Gasteiger partial charge in [-0.15, -0.1) is 5.92 Å². The Bertz CT molecular complexity index is 350. The van der Waals surface area contributed by atoms with Crippen molar-refractivity contribution >= 4 is 12.0 Å². The van der Waals surface area contributed by atoms with Crippen LogP contribution in [-0.4, -0.2) is 42.4 Å². The number of hydrogen-bond donors (Lipinski definition) is 3. The van der Waals surface area contributed by atoms with Crippen molar-refractivity contribution in [3.05, 3.63) is 0 Å². The Labute approximate surface area is 99.7 Å². The van der Waals surface area contributed by atoms with Gasteiger partial charge in [-0.1, -0.05) is 5.92 Å². The summed E-state index contributed by atoms with van der Waals surface area (Å²) < 4.78 is 5.10. The Kier molecular flexibility index (Phi) is 4.79. The zero-order valence-corrected chi connectivity index (χ0v) is 9.71. The molecule has 1 aliphatic rings. The molecule has 0 aliphatic carbocycles. The van der Waals surface area contributed by atoms with E-state index in [-0.39, 0.29) is 19.4 Å². The van der Waals surface area contributed by atoms with Gasteiger partial charge in [0.2, 0.25) is 0 Å². The third-order valence-electron chi connectivity index (χ3n) is 2.62. The monoisotopic (exact) mass is 240 g/mol. The fraction of sp³-hybridized carbons (Fsp3) is 0.636. The normalized spacial score (nSPS) is 17.5. The molecule has 0 aromatic rings. The summed E-state index contributed by atoms with van der Waals surface area (Å²) >= 11 is 0. The molecule has 17 heavy (non-hydrogen) atoms. The van der Waals surface area contributed by atoms with E-state index in [0.717, 1.165) is 0 Å². The Morgan fingerprint density at radius 3 is 2.59 bits per heavy atom. The molecular weight excluding hydrogens is 224 g/mol. The number of urea groups is 1. The summed E-state index contributed by atoms with van der Waals surface area (Å²) in [5, 5.41) is 14.2. The van der Waals surface area contributed by atoms with Gasteiger partial charge in [-0.2, -0.15) is 0 Å². The van der Waals surface area contributed by atoms with Gasteiger partial charge in [0.05, 0.1) is 6.54 Å². The van der Waals surface area contributed by atoms with Gasteiger partial charge in [0.15, 0.2) is 0 Å². The van der Waals surface area contributed by atoms with E-state index >= 15 is 0 Å². The second-order valence-corrected chi connectivity index (χ2v) is 3.73. The average molecular weight is 240 g/mol. The molecule has 1 aliphatic heterocycles. The number of carboxylic acids is 1. The van der Waals surface area contributed by atoms with Crippen LogP contribution in [0.1, 0.15) is 19.8 Å². The third-order valence-corrected chi connectivity index (χ3v) is 2.62. The number of carbonyl (C=O) groups is 2. The number of aliphatic carboxylic acids is 1. The van der Waals surface area contributed by atoms with Gasteiger partial charge in [0.25, 0.3) is 0 Å². The summed E-state index contributed by atoms with van der Waals surface area (Å²) in [6, 6.07) is -0.517. The summed E-state index contributed by atoms with van der Waals surface area (Å²) in [6.45, 7) is 2.54. The van der Waals surface area contributed by atoms with E-state index in [4.69, 9.17) is 4.74 Å². The molecule has 1 heterocycles. The minimum absolute atomic E-state index is 0.203. The molecule has 3 N–H and O–H groups in total. The van der Waals surface area contributed by atoms with Crippen molar-refractivity contribution < 1.29 is 19.4 Å². The molecule has 2 amide bonds. The summed E-state index contributed by atoms with van der Waals surface area (Å²) in [6.07, 6.45) is 0.546. The van der Waals surface area contributed by atoms with E-state index in [1.165, 1.54) is 0 Å². The zero-order chi connectivity index (χ0) is 12.7. The Morgan fingerprint density at radius 1 is 1.41 bits per heavy atom. The van der Waals surface area contributed by atoms with Gasteiger partial charge < -0.3 is 20.5 Å². The first-order chi connectivity index (χ1) is 8.10. The molecule has 0 bridgehead atoms. The molecule has 1 fully saturated rings. The van der Waals surface area contributed by atoms with Crippen LogP contribution in [0.4, 0.5) is 4.79 Å². The number of hydrogen-bond acceptors (Lipinski definition) is 3. The number of ether oxygens (including phenoxy) is 1. The molecule has 0 unspecified atom stereocenters. The molecule has 0 radical (unpaired) electrons. The molecule has 1 saturated heterocycles. The highest BCUT2D eigenvalue weighted by molar-refractivity contribution is 5.86. The molecule has 94 valence electrons. The van der Waals surface area contributed by atoms with Gasteiger partial charge >= 0.3 is 12.0 Å². The lowest BCUT2D eigenvalue weighted by molar-refractivity contribution is -0.148. The Hall–Kier alpha value is -1.74. The lowest BCUT2D eigenvalue weighted by Gasteiger charge is -2.33. The Morgan fingerprint density at radius 2 is 2.06 bits per heavy atom. The smallest absolute Gasteiger partial charge is 0.329 e. The van der Waals surface area contributed by atoms with E-state index < -0.39 is 17.5 Å². The van der Waals surface area contributed by atoms with Crippen molar-refractivity contribution in [2.45, 2.75) is 25.3 Å². The van der Waals surface area contributed by atoms with Crippen LogP contribution in [0.5, 0.6) is 0 Å². The predicted molar refractivity (Wildman–Crippen MR) is 60.4 cm³/mol. The number of rotatable bonds is 3. The second kappa shape index (κ2) is 6.11. The van der Waals surface area contributed by atoms with Crippen molar-refractivity contribution in [2.24, 2.45) is 0 Å². The van der Waals surface area contributed by atoms with Crippen LogP contribution in [0.25, 0.3) is 0 Å². The first-order valence-electron chi connectivity index (χ1n) is 5.37. The maximum absolute atomic E-state index is 11.5. The molecule has 0 spiro atoms. The van der Waals surface area contributed by atoms with E-state index in [1.807, 2.05) is 0 Å². The molecule has 0 aromatic heterocycles. The molecule has 1 rings (SSSR count). The van der Waals surface area contributed by atoms with Crippen molar-refractivity contribution in [1.29, 1.82) is 0 Å². The number of amides is 2. The topological polar surface area (TPSA) is 87.7 Å². The predicted octanol–water partition coefficient (Wildman–Crippen LogP) is -0.0573. The van der Waals surface area contributed by atoms with Crippen molar-refractivity contribution in [3.63, 3.8) is 0 Å². The molecular formula is C11H16N2O4. The van der Waals surface area contributed by atoms with Crippen molar-refractivity contribution in [2.75, 3.05) is 19.8 Å². The third kappa shape index (κ3) is 3.64. The molecule has 0 aromatic carbocycles. The second-order valence-electron chi connectivity index (χ2n) is 3.73. The maximum Gasteiger partial charge on any atom is 0.329 e. The number of nitrogens with one attached hydrogen (secondary N) is 2. The molecule has 0 atom stereocenters. The van der Waals surface area contributed by atoms with Crippen LogP contribution in [-0.2, 0) is 9.53 Å². The van der Waals surface area contributed by atoms with E-state index in [1.54, 1.807) is 6.92 Å². The quantitative estimate of drug-likeness (QED) is 0.603. The lowest BCUT2D eigenvalue weighted by Crippen LogP contribution is -2.59. The van der Waals surface area contributed by atoms with Gasteiger partial charge in [-0.25, -0.2) is 9.59 Å². The first-order valence-corrected chi connectivity index (χ1v) is 5.37. The van der Waals surface area contributed by atoms with Gasteiger partial charge in [0.1, 0.15) is 5.54 Å². The van der Waals surface area contributed by atoms with Crippen molar-refractivity contribution in [1.82, 2.24) is 10.6 Å². The van der Waals surface area contributed by atoms with E-state index in [0.29, 0.717) is 13.2 Å². The molecule has 6 heteroatoms. The van der Waals surface area contributed by atoms with Crippen molar-refractivity contribution in [3.8, 4) is 11.8 Å². The SMILES string of the molecule is CC#CCNC(=O)NC1(C(=O)O)CCOCC1. The van der Waals surface area contributed by atoms with E-state index in [9.17, 15) is 14.7 Å². The van der Waals surface area contributed by atoms with Gasteiger partial charge in [-0.3, -0.25) is 0 Å². The van der Waals surface area contributed by atoms with Crippen LogP contribution in [0.3, 0.4) is 0 Å². The first kappa shape index (κ1) is 13.3. The van der Waals surface area contributed by atoms with Crippen LogP contribution < -0.4 is 10.6 Å². The zero-order valence-electron chi connectivity index (χ0n) is 9.71. The minimum atomic E-state index is -1.22. The highest BCUT2D eigenvalue weighted by Gasteiger charge is 2.41. The largest absolute Gasteiger partial charge is 0.480 e. The highest BCUT2D eigenvalue weighted by Crippen LogP contribution is 2.20. The minimum Gasteiger partial charge on any atom is -0.480 e. The maximum atomic E-state index is 11.5. The molecule has 6 nitrogen and oxygen atoms in total. The van der Waals surface area contributed by atoms with E-state index in [2.05, 4.69) is 22.5 Å². The van der Waals surface area contributed by atoms with Crippen LogP contribution in [0, 0.1) is 11.8 Å². The van der Waals surface area contributed by atoms with Gasteiger partial charge in [0, 0.05) is 26.1 Å². The number of carboxylic acid groups (broad SMARTS) is 1. The standard InChI is InChI=1S/C11H16N2O4/c1-2-3-6-12-10(16)13-11(9(14)15)4-7-17-8-5-11/h4-8H2,1H3,(H,14,15)(H2,12,13,16). The number of carbonyl (C=O) groups excluding carboxylic acids is 1. The van der Waals surface area contributed by atoms with Gasteiger partial charge in [-0.05, 0) is 6.92 Å². The fourth-order valence-electron chi connectivity index (χ4n) is 1.59. The summed E-state index contributed by atoms with van der Waals surface area (Å²) in [7, 11) is 0. The van der Waals surface area contributed by atoms with Crippen LogP contribution >= 0.6 is 0 Å². The highest BCUT2D eigenvalue weighted by atomic mass is 16.5. The lowest BCUT2D eigenvalue weighted by atomic mass is 9.90.